The minimum Gasteiger partial charge on any atom is -0.397 e. The van der Waals surface area contributed by atoms with Crippen LogP contribution in [-0.2, 0) is 0 Å². The van der Waals surface area contributed by atoms with Crippen LogP contribution in [0.25, 0.3) is 0 Å². The van der Waals surface area contributed by atoms with Crippen molar-refractivity contribution in [1.29, 1.82) is 0 Å². The highest BCUT2D eigenvalue weighted by molar-refractivity contribution is 6.31. The largest absolute Gasteiger partial charge is 0.397 e. The molecule has 132 valence electrons. The smallest absolute Gasteiger partial charge is 0.257 e. The molecule has 0 aliphatic heterocycles. The van der Waals surface area contributed by atoms with Gasteiger partial charge in [0, 0.05) is 22.4 Å². The summed E-state index contributed by atoms with van der Waals surface area (Å²) in [5, 5.41) is 2.80. The van der Waals surface area contributed by atoms with Gasteiger partial charge in [0.15, 0.2) is 11.6 Å². The molecule has 0 heterocycles. The number of nitrogens with one attached hydrogen (secondary N) is 1. The molecule has 1 aliphatic carbocycles. The van der Waals surface area contributed by atoms with E-state index >= 15 is 0 Å². The number of amides is 1. The van der Waals surface area contributed by atoms with Crippen molar-refractivity contribution in [2.75, 3.05) is 11.1 Å². The van der Waals surface area contributed by atoms with Crippen molar-refractivity contribution in [2.45, 2.75) is 6.92 Å². The maximum absolute atomic E-state index is 12.9. The molecule has 0 unspecified atom stereocenters. The number of hydrogen-bond acceptors (Lipinski definition) is 4. The molecular weight excluding hydrogens is 340 g/mol. The summed E-state index contributed by atoms with van der Waals surface area (Å²) in [6, 6.07) is 17.0. The summed E-state index contributed by atoms with van der Waals surface area (Å²) >= 11 is 0. The van der Waals surface area contributed by atoms with Crippen LogP contribution in [0.4, 0.5) is 11.4 Å². The SMILES string of the molecule is Cc1ccccc1NC(=O)c1ccc2c(c1N)C(=O)c1ccccc1C2=O. The fourth-order valence-electron chi connectivity index (χ4n) is 3.31. The molecule has 0 fully saturated rings. The highest BCUT2D eigenvalue weighted by Gasteiger charge is 2.32. The summed E-state index contributed by atoms with van der Waals surface area (Å²) in [6.45, 7) is 1.88. The molecule has 1 amide bonds. The van der Waals surface area contributed by atoms with Crippen LogP contribution < -0.4 is 11.1 Å². The zero-order chi connectivity index (χ0) is 19.1. The van der Waals surface area contributed by atoms with Crippen LogP contribution in [0.2, 0.25) is 0 Å². The molecule has 3 N–H and O–H groups in total. The van der Waals surface area contributed by atoms with Crippen molar-refractivity contribution in [2.24, 2.45) is 0 Å². The van der Waals surface area contributed by atoms with Crippen molar-refractivity contribution in [3.8, 4) is 0 Å². The zero-order valence-electron chi connectivity index (χ0n) is 14.6. The second-order valence-electron chi connectivity index (χ2n) is 6.42. The Bertz CT molecular complexity index is 1130. The third kappa shape index (κ3) is 2.60. The lowest BCUT2D eigenvalue weighted by atomic mass is 9.82. The number of fused-ring (bicyclic) bond motifs is 2. The van der Waals surface area contributed by atoms with Crippen molar-refractivity contribution < 1.29 is 14.4 Å². The number of anilines is 2. The van der Waals surface area contributed by atoms with Crippen LogP contribution in [0.15, 0.2) is 60.7 Å². The summed E-state index contributed by atoms with van der Waals surface area (Å²) < 4.78 is 0. The van der Waals surface area contributed by atoms with Gasteiger partial charge >= 0.3 is 0 Å². The molecule has 0 atom stereocenters. The monoisotopic (exact) mass is 356 g/mol. The number of carbonyl (C=O) groups excluding carboxylic acids is 3. The molecule has 3 aromatic rings. The summed E-state index contributed by atoms with van der Waals surface area (Å²) in [5.74, 6) is -1.04. The molecule has 5 heteroatoms. The third-order valence-corrected chi connectivity index (χ3v) is 4.77. The van der Waals surface area contributed by atoms with Crippen LogP contribution in [0, 0.1) is 6.92 Å². The number of aryl methyl sites for hydroxylation is 1. The van der Waals surface area contributed by atoms with Gasteiger partial charge in [-0.15, -0.1) is 0 Å². The number of ketones is 2. The molecule has 0 aromatic heterocycles. The van der Waals surface area contributed by atoms with Crippen LogP contribution in [0.5, 0.6) is 0 Å². The number of benzene rings is 3. The van der Waals surface area contributed by atoms with Gasteiger partial charge in [0.1, 0.15) is 0 Å². The van der Waals surface area contributed by atoms with Gasteiger partial charge in [0.2, 0.25) is 0 Å². The highest BCUT2D eigenvalue weighted by Crippen LogP contribution is 2.33. The second-order valence-corrected chi connectivity index (χ2v) is 6.42. The number of rotatable bonds is 2. The van der Waals surface area contributed by atoms with E-state index in [0.717, 1.165) is 5.56 Å². The predicted molar refractivity (Wildman–Crippen MR) is 103 cm³/mol. The van der Waals surface area contributed by atoms with Gasteiger partial charge in [-0.1, -0.05) is 42.5 Å². The van der Waals surface area contributed by atoms with E-state index in [9.17, 15) is 14.4 Å². The summed E-state index contributed by atoms with van der Waals surface area (Å²) in [6.07, 6.45) is 0. The van der Waals surface area contributed by atoms with Crippen LogP contribution in [0.1, 0.15) is 47.8 Å². The standard InChI is InChI=1S/C22H16N2O3/c1-12-6-2-5-9-17(12)24-22(27)16-11-10-15-18(19(16)23)21(26)14-8-4-3-7-13(14)20(15)25/h2-11H,23H2,1H3,(H,24,27). The third-order valence-electron chi connectivity index (χ3n) is 4.77. The molecule has 0 saturated heterocycles. The van der Waals surface area contributed by atoms with Gasteiger partial charge in [-0.05, 0) is 30.7 Å². The maximum Gasteiger partial charge on any atom is 0.257 e. The number of carbonyl (C=O) groups is 3. The Morgan fingerprint density at radius 1 is 0.815 bits per heavy atom. The molecule has 3 aromatic carbocycles. The van der Waals surface area contributed by atoms with E-state index < -0.39 is 5.91 Å². The topological polar surface area (TPSA) is 89.3 Å². The van der Waals surface area contributed by atoms with Gasteiger partial charge < -0.3 is 11.1 Å². The number of hydrogen-bond donors (Lipinski definition) is 2. The van der Waals surface area contributed by atoms with Crippen LogP contribution in [0.3, 0.4) is 0 Å². The zero-order valence-corrected chi connectivity index (χ0v) is 14.6. The average molecular weight is 356 g/mol. The van der Waals surface area contributed by atoms with Gasteiger partial charge in [0.05, 0.1) is 16.8 Å². The first-order valence-electron chi connectivity index (χ1n) is 8.47. The predicted octanol–water partition coefficient (Wildman–Crippen LogP) is 3.60. The van der Waals surface area contributed by atoms with Crippen molar-refractivity contribution in [3.05, 3.63) is 94.0 Å². The molecule has 1 aliphatic rings. The Hall–Kier alpha value is -3.73. The van der Waals surface area contributed by atoms with Gasteiger partial charge in [-0.2, -0.15) is 0 Å². The summed E-state index contributed by atoms with van der Waals surface area (Å²) in [7, 11) is 0. The van der Waals surface area contributed by atoms with E-state index in [1.165, 1.54) is 12.1 Å². The van der Waals surface area contributed by atoms with Gasteiger partial charge in [0.25, 0.3) is 5.91 Å². The van der Waals surface area contributed by atoms with E-state index in [1.54, 1.807) is 30.3 Å². The van der Waals surface area contributed by atoms with Gasteiger partial charge in [-0.25, -0.2) is 0 Å². The fraction of sp³-hybridized carbons (Fsp3) is 0.0455. The molecule has 0 radical (unpaired) electrons. The highest BCUT2D eigenvalue weighted by atomic mass is 16.2. The quantitative estimate of drug-likeness (QED) is 0.537. The van der Waals surface area contributed by atoms with Gasteiger partial charge in [-0.3, -0.25) is 14.4 Å². The molecule has 0 saturated carbocycles. The summed E-state index contributed by atoms with van der Waals surface area (Å²) in [4.78, 5) is 38.3. The maximum atomic E-state index is 12.9. The van der Waals surface area contributed by atoms with E-state index in [-0.39, 0.29) is 33.9 Å². The van der Waals surface area contributed by atoms with E-state index in [2.05, 4.69) is 5.32 Å². The van der Waals surface area contributed by atoms with Crippen LogP contribution in [-0.4, -0.2) is 17.5 Å². The Morgan fingerprint density at radius 2 is 1.44 bits per heavy atom. The van der Waals surface area contributed by atoms with Crippen molar-refractivity contribution in [1.82, 2.24) is 0 Å². The normalized spacial score (nSPS) is 12.3. The number of para-hydroxylation sites is 1. The van der Waals surface area contributed by atoms with Crippen molar-refractivity contribution in [3.63, 3.8) is 0 Å². The molecule has 0 spiro atoms. The Kier molecular flexibility index (Phi) is 3.85. The number of nitrogen functional groups attached to an aromatic ring is 1. The molecule has 27 heavy (non-hydrogen) atoms. The molecular formula is C22H16N2O3. The Balaban J connectivity index is 1.78. The minimum absolute atomic E-state index is 0.0198. The minimum atomic E-state index is -0.427. The first-order chi connectivity index (χ1) is 13.0. The van der Waals surface area contributed by atoms with E-state index in [0.29, 0.717) is 16.8 Å². The Morgan fingerprint density at radius 3 is 2.15 bits per heavy atom. The fourth-order valence-corrected chi connectivity index (χ4v) is 3.31. The van der Waals surface area contributed by atoms with Crippen LogP contribution >= 0.6 is 0 Å². The number of nitrogens with two attached hydrogens (primary N) is 1. The summed E-state index contributed by atoms with van der Waals surface area (Å²) in [5.41, 5.74) is 8.90. The van der Waals surface area contributed by atoms with E-state index in [4.69, 9.17) is 5.73 Å². The molecule has 0 bridgehead atoms. The van der Waals surface area contributed by atoms with Crippen molar-refractivity contribution >= 4 is 28.8 Å². The lowest BCUT2D eigenvalue weighted by Gasteiger charge is -2.20. The second kappa shape index (κ2) is 6.21. The molecule has 5 nitrogen and oxygen atoms in total. The first-order valence-corrected chi connectivity index (χ1v) is 8.47. The Labute approximate surface area is 155 Å². The lowest BCUT2D eigenvalue weighted by Crippen LogP contribution is -2.24. The molecule has 4 rings (SSSR count). The van der Waals surface area contributed by atoms with E-state index in [1.807, 2.05) is 25.1 Å². The lowest BCUT2D eigenvalue weighted by molar-refractivity contribution is 0.0978. The average Bonchev–Trinajstić information content (AvgIpc) is 2.67. The first kappa shape index (κ1) is 16.7.